The first kappa shape index (κ1) is 30.8. The van der Waals surface area contributed by atoms with Crippen LogP contribution >= 0.6 is 23.2 Å². The molecule has 4 aromatic carbocycles. The monoisotopic (exact) mass is 595 g/mol. The molecule has 0 radical (unpaired) electrons. The van der Waals surface area contributed by atoms with Crippen molar-refractivity contribution in [2.24, 2.45) is 10.2 Å². The minimum atomic E-state index is -4.58. The fourth-order valence-corrected chi connectivity index (χ4v) is 4.90. The van der Waals surface area contributed by atoms with E-state index in [9.17, 15) is 22.9 Å². The number of fused-ring (bicyclic) bond motifs is 1. The molecule has 0 spiro atoms. The maximum atomic E-state index is 13.4. The summed E-state index contributed by atoms with van der Waals surface area (Å²) in [6.45, 7) is 3.65. The molecule has 0 heterocycles. The molecule has 0 bridgehead atoms. The van der Waals surface area contributed by atoms with Gasteiger partial charge in [-0.1, -0.05) is 53.2 Å². The van der Waals surface area contributed by atoms with Gasteiger partial charge in [0, 0.05) is 22.0 Å². The molecule has 0 saturated carbocycles. The zero-order chi connectivity index (χ0) is 27.6. The Morgan fingerprint density at radius 3 is 2.46 bits per heavy atom. The summed E-state index contributed by atoms with van der Waals surface area (Å²) in [5.74, 6) is -0.946. The number of carbonyl (C=O) groups excluding carboxylic acids is 1. The van der Waals surface area contributed by atoms with E-state index in [0.29, 0.717) is 23.1 Å². The minimum absolute atomic E-state index is 0. The minimum Gasteiger partial charge on any atom is -0.870 e. The van der Waals surface area contributed by atoms with Gasteiger partial charge in [-0.25, -0.2) is 0 Å². The largest absolute Gasteiger partial charge is 1.00 e. The third-order valence-electron chi connectivity index (χ3n) is 5.54. The third kappa shape index (κ3) is 6.90. The Hall–Kier alpha value is -2.70. The zero-order valence-corrected chi connectivity index (χ0v) is 25.4. The smallest absolute Gasteiger partial charge is 0.870 e. The molecule has 0 atom stereocenters. The maximum Gasteiger partial charge on any atom is 1.00 e. The van der Waals surface area contributed by atoms with E-state index in [2.05, 4.69) is 15.5 Å². The fourth-order valence-electron chi connectivity index (χ4n) is 3.70. The van der Waals surface area contributed by atoms with E-state index in [4.69, 9.17) is 27.9 Å². The van der Waals surface area contributed by atoms with Gasteiger partial charge < -0.3 is 15.2 Å². The van der Waals surface area contributed by atoms with E-state index in [-0.39, 0.29) is 67.8 Å². The van der Waals surface area contributed by atoms with Crippen LogP contribution in [0.25, 0.3) is 10.8 Å². The van der Waals surface area contributed by atoms with Crippen molar-refractivity contribution in [3.63, 3.8) is 0 Å². The van der Waals surface area contributed by atoms with E-state index < -0.39 is 26.7 Å². The fraction of sp³-hybridized carbons (Fsp3) is 0.115. The summed E-state index contributed by atoms with van der Waals surface area (Å²) in [6.07, 6.45) is 0. The van der Waals surface area contributed by atoms with Crippen molar-refractivity contribution < 1.29 is 57.2 Å². The summed E-state index contributed by atoms with van der Waals surface area (Å²) >= 11 is 12.3. The van der Waals surface area contributed by atoms with E-state index in [0.717, 1.165) is 6.07 Å². The molecule has 0 unspecified atom stereocenters. The van der Waals surface area contributed by atoms with Gasteiger partial charge in [0.1, 0.15) is 10.6 Å². The summed E-state index contributed by atoms with van der Waals surface area (Å²) in [6, 6.07) is 15.4. The van der Waals surface area contributed by atoms with Crippen LogP contribution in [0.5, 0.6) is 11.5 Å². The third-order valence-corrected chi connectivity index (χ3v) is 7.24. The van der Waals surface area contributed by atoms with Crippen molar-refractivity contribution in [2.45, 2.75) is 18.7 Å². The topological polar surface area (TPSA) is 140 Å². The Labute approximate surface area is 256 Å². The van der Waals surface area contributed by atoms with Gasteiger partial charge in [0.2, 0.25) is 0 Å². The van der Waals surface area contributed by atoms with Gasteiger partial charge in [-0.3, -0.25) is 9.35 Å². The second kappa shape index (κ2) is 12.6. The molecular formula is C26H20Cl2N3NaO6S. The molecule has 0 aliphatic rings. The number of nitrogens with one attached hydrogen (secondary N) is 1. The number of carbonyl (C=O) groups is 1. The van der Waals surface area contributed by atoms with E-state index in [1.807, 2.05) is 6.92 Å². The van der Waals surface area contributed by atoms with Crippen LogP contribution in [0.15, 0.2) is 75.8 Å². The van der Waals surface area contributed by atoms with Crippen LogP contribution < -0.4 is 44.7 Å². The zero-order valence-electron chi connectivity index (χ0n) is 21.0. The maximum absolute atomic E-state index is 13.4. The Bertz CT molecular complexity index is 1710. The molecule has 196 valence electrons. The molecule has 0 aliphatic heterocycles. The van der Waals surface area contributed by atoms with E-state index in [1.165, 1.54) is 19.1 Å². The average molecular weight is 596 g/mol. The van der Waals surface area contributed by atoms with Gasteiger partial charge >= 0.3 is 29.6 Å². The number of rotatable bonds is 7. The second-order valence-electron chi connectivity index (χ2n) is 8.08. The Kier molecular flexibility index (Phi) is 10.0. The molecule has 0 fully saturated rings. The van der Waals surface area contributed by atoms with Crippen molar-refractivity contribution in [1.82, 2.24) is 0 Å². The standard InChI is InChI=1S/C26H21Cl2N3O6S.Na/c1-3-37-17-8-9-20(27)22(13-17)29-26(33)19-10-15-6-4-5-7-18(15)24(25(19)32)31-30-16-11-21(28)14(2)23(12-16)38(34,35)36;/h4-13,32H,3H2,1-2H3,(H,29,33)(H,34,35,36);/q;+1/p-1. The van der Waals surface area contributed by atoms with Crippen LogP contribution in [0.1, 0.15) is 22.8 Å². The Balaban J connectivity index is 0.00000420. The van der Waals surface area contributed by atoms with Crippen molar-refractivity contribution in [2.75, 3.05) is 11.9 Å². The van der Waals surface area contributed by atoms with Gasteiger partial charge in [0.15, 0.2) is 0 Å². The molecular weight excluding hydrogens is 576 g/mol. The van der Waals surface area contributed by atoms with Crippen molar-refractivity contribution in [3.05, 3.63) is 81.8 Å². The first-order valence-corrected chi connectivity index (χ1v) is 13.3. The number of benzene rings is 4. The average Bonchev–Trinajstić information content (AvgIpc) is 2.86. The van der Waals surface area contributed by atoms with Crippen LogP contribution in [0.2, 0.25) is 10.0 Å². The molecule has 0 saturated heterocycles. The van der Waals surface area contributed by atoms with E-state index in [1.54, 1.807) is 42.5 Å². The SMILES string of the molecule is CCOc1ccc(Cl)c(NC(=O)c2cc3ccccc3c(N=Nc3cc(Cl)c(C)c(S(=O)(=O)O)c3)c2[O-])c1.[Na+]. The Morgan fingerprint density at radius 2 is 1.77 bits per heavy atom. The summed E-state index contributed by atoms with van der Waals surface area (Å²) in [7, 11) is -4.58. The van der Waals surface area contributed by atoms with Crippen LogP contribution in [-0.4, -0.2) is 25.5 Å². The molecule has 2 N–H and O–H groups in total. The number of anilines is 1. The summed E-state index contributed by atoms with van der Waals surface area (Å²) in [5.41, 5.74) is 0.00824. The predicted molar refractivity (Wildman–Crippen MR) is 144 cm³/mol. The number of azo groups is 1. The van der Waals surface area contributed by atoms with Gasteiger partial charge in [-0.15, -0.1) is 0 Å². The molecule has 0 aliphatic carbocycles. The number of amides is 1. The molecule has 9 nitrogen and oxygen atoms in total. The first-order valence-electron chi connectivity index (χ1n) is 11.2. The molecule has 4 rings (SSSR count). The molecule has 0 aromatic heterocycles. The van der Waals surface area contributed by atoms with Crippen LogP contribution in [0, 0.1) is 6.92 Å². The van der Waals surface area contributed by atoms with E-state index >= 15 is 0 Å². The van der Waals surface area contributed by atoms with Gasteiger partial charge in [0.25, 0.3) is 16.0 Å². The number of hydrogen-bond donors (Lipinski definition) is 2. The summed E-state index contributed by atoms with van der Waals surface area (Å²) < 4.78 is 38.4. The van der Waals surface area contributed by atoms with Gasteiger partial charge in [-0.2, -0.15) is 18.6 Å². The van der Waals surface area contributed by atoms with Crippen LogP contribution in [0.3, 0.4) is 0 Å². The summed E-state index contributed by atoms with van der Waals surface area (Å²) in [5, 5.41) is 25.3. The van der Waals surface area contributed by atoms with Crippen molar-refractivity contribution in [3.8, 4) is 11.5 Å². The number of halogens is 2. The molecule has 4 aromatic rings. The van der Waals surface area contributed by atoms with Gasteiger partial charge in [-0.05, 0) is 55.1 Å². The van der Waals surface area contributed by atoms with Crippen molar-refractivity contribution >= 4 is 67.1 Å². The van der Waals surface area contributed by atoms with Crippen LogP contribution in [0.4, 0.5) is 17.1 Å². The van der Waals surface area contributed by atoms with Crippen LogP contribution in [-0.2, 0) is 10.1 Å². The first-order chi connectivity index (χ1) is 18.0. The number of hydrogen-bond acceptors (Lipinski definition) is 7. The quantitative estimate of drug-likeness (QED) is 0.189. The summed E-state index contributed by atoms with van der Waals surface area (Å²) in [4.78, 5) is 12.7. The number of ether oxygens (including phenoxy) is 1. The van der Waals surface area contributed by atoms with Gasteiger partial charge in [0.05, 0.1) is 28.7 Å². The molecule has 1 amide bonds. The predicted octanol–water partition coefficient (Wildman–Crippen LogP) is 3.85. The normalized spacial score (nSPS) is 11.4. The van der Waals surface area contributed by atoms with Crippen molar-refractivity contribution in [1.29, 1.82) is 0 Å². The molecule has 13 heteroatoms. The number of nitrogens with zero attached hydrogens (tertiary/aromatic N) is 2. The molecule has 39 heavy (non-hydrogen) atoms. The Morgan fingerprint density at radius 1 is 1.05 bits per heavy atom. The second-order valence-corrected chi connectivity index (χ2v) is 10.3.